The minimum absolute atomic E-state index is 0.0883. The van der Waals surface area contributed by atoms with Crippen molar-refractivity contribution in [2.24, 2.45) is 0 Å². The maximum Gasteiger partial charge on any atom is 0.356 e. The highest BCUT2D eigenvalue weighted by Gasteiger charge is 2.09. The third-order valence-electron chi connectivity index (χ3n) is 2.54. The Bertz CT molecular complexity index is 577. The quantitative estimate of drug-likeness (QED) is 0.844. The van der Waals surface area contributed by atoms with E-state index in [1.165, 1.54) is 12.4 Å². The summed E-state index contributed by atoms with van der Waals surface area (Å²) in [4.78, 5) is 22.6. The molecule has 0 aliphatic heterocycles. The van der Waals surface area contributed by atoms with Gasteiger partial charge in [0.2, 0.25) is 0 Å². The first-order chi connectivity index (χ1) is 9.10. The number of nitrogens with one attached hydrogen (secondary N) is 1. The third kappa shape index (κ3) is 3.06. The lowest BCUT2D eigenvalue weighted by Gasteiger charge is -2.03. The van der Waals surface area contributed by atoms with Gasteiger partial charge in [0, 0.05) is 6.42 Å². The Morgan fingerprint density at radius 3 is 2.74 bits per heavy atom. The summed E-state index contributed by atoms with van der Waals surface area (Å²) in [6, 6.07) is 0. The summed E-state index contributed by atoms with van der Waals surface area (Å²) in [5, 5.41) is 11.7. The Labute approximate surface area is 109 Å². The molecule has 2 rings (SSSR count). The van der Waals surface area contributed by atoms with Crippen molar-refractivity contribution in [3.05, 3.63) is 35.4 Å². The second-order valence-electron chi connectivity index (χ2n) is 3.92. The number of carboxylic acid groups (broad SMARTS) is 1. The molecular formula is C12H14N4O3. The number of hydrogen-bond acceptors (Lipinski definition) is 6. The van der Waals surface area contributed by atoms with Crippen molar-refractivity contribution in [1.29, 1.82) is 0 Å². The van der Waals surface area contributed by atoms with E-state index in [2.05, 4.69) is 20.3 Å². The smallest absolute Gasteiger partial charge is 0.356 e. The van der Waals surface area contributed by atoms with Gasteiger partial charge < -0.3 is 14.8 Å². The number of rotatable bonds is 5. The predicted molar refractivity (Wildman–Crippen MR) is 66.9 cm³/mol. The molecule has 0 saturated carbocycles. The summed E-state index contributed by atoms with van der Waals surface area (Å²) in [5.74, 6) is 0.819. The van der Waals surface area contributed by atoms with Gasteiger partial charge in [-0.2, -0.15) is 0 Å². The molecule has 0 atom stereocenters. The standard InChI is InChI=1S/C12H14N4O3/c1-3-11-16-7(2)9(19-11)5-15-10-6-13-8(4-14-10)12(17)18/h4,6H,3,5H2,1-2H3,(H,14,15)(H,17,18). The minimum atomic E-state index is -1.10. The third-order valence-corrected chi connectivity index (χ3v) is 2.54. The molecule has 0 aliphatic carbocycles. The molecule has 0 fully saturated rings. The molecule has 2 aromatic rings. The Balaban J connectivity index is 2.01. The first-order valence-corrected chi connectivity index (χ1v) is 5.84. The fraction of sp³-hybridized carbons (Fsp3) is 0.333. The number of aryl methyl sites for hydroxylation is 2. The van der Waals surface area contributed by atoms with Gasteiger partial charge in [-0.25, -0.2) is 19.7 Å². The van der Waals surface area contributed by atoms with Crippen molar-refractivity contribution in [3.63, 3.8) is 0 Å². The Morgan fingerprint density at radius 1 is 1.42 bits per heavy atom. The van der Waals surface area contributed by atoms with Crippen LogP contribution in [-0.2, 0) is 13.0 Å². The number of carbonyl (C=O) groups is 1. The molecule has 2 N–H and O–H groups in total. The summed E-state index contributed by atoms with van der Waals surface area (Å²) in [5.41, 5.74) is 0.745. The topological polar surface area (TPSA) is 101 Å². The van der Waals surface area contributed by atoms with Crippen LogP contribution < -0.4 is 5.32 Å². The van der Waals surface area contributed by atoms with E-state index in [0.717, 1.165) is 17.9 Å². The Kier molecular flexibility index (Phi) is 3.74. The van der Waals surface area contributed by atoms with Crippen molar-refractivity contribution in [2.45, 2.75) is 26.8 Å². The molecule has 0 unspecified atom stereocenters. The highest BCUT2D eigenvalue weighted by Crippen LogP contribution is 2.12. The number of hydrogen-bond donors (Lipinski definition) is 2. The van der Waals surface area contributed by atoms with Crippen LogP contribution in [0.3, 0.4) is 0 Å². The molecule has 2 aromatic heterocycles. The van der Waals surface area contributed by atoms with Crippen molar-refractivity contribution in [1.82, 2.24) is 15.0 Å². The van der Waals surface area contributed by atoms with Gasteiger partial charge in [0.15, 0.2) is 11.6 Å². The van der Waals surface area contributed by atoms with Crippen molar-refractivity contribution >= 4 is 11.8 Å². The number of aromatic carboxylic acids is 1. The van der Waals surface area contributed by atoms with Crippen LogP contribution in [0.15, 0.2) is 16.8 Å². The first-order valence-electron chi connectivity index (χ1n) is 5.84. The minimum Gasteiger partial charge on any atom is -0.476 e. The predicted octanol–water partition coefficient (Wildman–Crippen LogP) is 1.65. The fourth-order valence-corrected chi connectivity index (χ4v) is 1.50. The molecular weight excluding hydrogens is 248 g/mol. The molecule has 100 valence electrons. The van der Waals surface area contributed by atoms with Crippen LogP contribution in [0.4, 0.5) is 5.82 Å². The van der Waals surface area contributed by atoms with E-state index in [-0.39, 0.29) is 5.69 Å². The van der Waals surface area contributed by atoms with E-state index in [0.29, 0.717) is 18.3 Å². The molecule has 7 nitrogen and oxygen atoms in total. The summed E-state index contributed by atoms with van der Waals surface area (Å²) >= 11 is 0. The average Bonchev–Trinajstić information content (AvgIpc) is 2.77. The molecule has 0 radical (unpaired) electrons. The lowest BCUT2D eigenvalue weighted by atomic mass is 10.3. The molecule has 19 heavy (non-hydrogen) atoms. The summed E-state index contributed by atoms with van der Waals surface area (Å²) in [6.07, 6.45) is 3.32. The Morgan fingerprint density at radius 2 is 2.21 bits per heavy atom. The number of aromatic nitrogens is 3. The lowest BCUT2D eigenvalue weighted by Crippen LogP contribution is -2.05. The second kappa shape index (κ2) is 5.47. The van der Waals surface area contributed by atoms with Gasteiger partial charge in [-0.15, -0.1) is 0 Å². The molecule has 0 amide bonds. The van der Waals surface area contributed by atoms with Crippen molar-refractivity contribution in [3.8, 4) is 0 Å². The van der Waals surface area contributed by atoms with E-state index >= 15 is 0 Å². The first kappa shape index (κ1) is 13.0. The highest BCUT2D eigenvalue weighted by molar-refractivity contribution is 5.84. The fourth-order valence-electron chi connectivity index (χ4n) is 1.50. The van der Waals surface area contributed by atoms with Crippen LogP contribution in [0.25, 0.3) is 0 Å². The van der Waals surface area contributed by atoms with E-state index in [1.807, 2.05) is 13.8 Å². The molecule has 2 heterocycles. The summed E-state index contributed by atoms with van der Waals surface area (Å²) in [6.45, 7) is 4.28. The zero-order valence-electron chi connectivity index (χ0n) is 10.7. The molecule has 0 aliphatic rings. The van der Waals surface area contributed by atoms with E-state index in [1.54, 1.807) is 0 Å². The number of anilines is 1. The molecule has 0 spiro atoms. The average molecular weight is 262 g/mol. The van der Waals surface area contributed by atoms with Crippen LogP contribution in [-0.4, -0.2) is 26.0 Å². The van der Waals surface area contributed by atoms with Gasteiger partial charge in [-0.3, -0.25) is 0 Å². The number of oxazole rings is 1. The van der Waals surface area contributed by atoms with Crippen LogP contribution in [0, 0.1) is 6.92 Å². The summed E-state index contributed by atoms with van der Waals surface area (Å²) < 4.78 is 5.53. The van der Waals surface area contributed by atoms with E-state index in [4.69, 9.17) is 9.52 Å². The zero-order valence-corrected chi connectivity index (χ0v) is 10.7. The summed E-state index contributed by atoms with van der Waals surface area (Å²) in [7, 11) is 0. The molecule has 0 saturated heterocycles. The molecule has 0 aromatic carbocycles. The van der Waals surface area contributed by atoms with Gasteiger partial charge in [0.05, 0.1) is 24.6 Å². The van der Waals surface area contributed by atoms with Crippen LogP contribution in [0.5, 0.6) is 0 Å². The van der Waals surface area contributed by atoms with Gasteiger partial charge in [-0.05, 0) is 6.92 Å². The van der Waals surface area contributed by atoms with Gasteiger partial charge in [0.25, 0.3) is 0 Å². The van der Waals surface area contributed by atoms with Gasteiger partial charge in [-0.1, -0.05) is 6.92 Å². The van der Waals surface area contributed by atoms with Gasteiger partial charge in [0.1, 0.15) is 11.6 Å². The Hall–Kier alpha value is -2.44. The van der Waals surface area contributed by atoms with Crippen LogP contribution in [0.1, 0.15) is 34.8 Å². The van der Waals surface area contributed by atoms with E-state index in [9.17, 15) is 4.79 Å². The van der Waals surface area contributed by atoms with Gasteiger partial charge >= 0.3 is 5.97 Å². The highest BCUT2D eigenvalue weighted by atomic mass is 16.4. The largest absolute Gasteiger partial charge is 0.476 e. The maximum atomic E-state index is 10.6. The van der Waals surface area contributed by atoms with E-state index < -0.39 is 5.97 Å². The van der Waals surface area contributed by atoms with Crippen LogP contribution >= 0.6 is 0 Å². The zero-order chi connectivity index (χ0) is 13.8. The van der Waals surface area contributed by atoms with Crippen molar-refractivity contribution in [2.75, 3.05) is 5.32 Å². The lowest BCUT2D eigenvalue weighted by molar-refractivity contribution is 0.0690. The maximum absolute atomic E-state index is 10.6. The molecule has 0 bridgehead atoms. The normalized spacial score (nSPS) is 10.4. The van der Waals surface area contributed by atoms with Crippen LogP contribution in [0.2, 0.25) is 0 Å². The number of carboxylic acids is 1. The second-order valence-corrected chi connectivity index (χ2v) is 3.92. The monoisotopic (exact) mass is 262 g/mol. The van der Waals surface area contributed by atoms with Crippen molar-refractivity contribution < 1.29 is 14.3 Å². The SMILES string of the molecule is CCc1nc(C)c(CNc2cnc(C(=O)O)cn2)o1. The number of nitrogens with zero attached hydrogens (tertiary/aromatic N) is 3. The molecule has 7 heteroatoms.